The molecule has 4 nitrogen and oxygen atoms in total. The second-order valence-corrected chi connectivity index (χ2v) is 6.25. The molecule has 2 aromatic heterocycles. The number of nitrogens with zero attached hydrogens (tertiary/aromatic N) is 1. The number of rotatable bonds is 4. The van der Waals surface area contributed by atoms with Crippen LogP contribution in [0.3, 0.4) is 0 Å². The van der Waals surface area contributed by atoms with Crippen LogP contribution >= 0.6 is 0 Å². The van der Waals surface area contributed by atoms with Crippen LogP contribution in [0.25, 0.3) is 16.6 Å². The molecule has 28 heavy (non-hydrogen) atoms. The summed E-state index contributed by atoms with van der Waals surface area (Å²) in [5, 5.41) is 0. The maximum absolute atomic E-state index is 13.5. The summed E-state index contributed by atoms with van der Waals surface area (Å²) in [6, 6.07) is 19.9. The number of fused-ring (bicyclic) bond motifs is 1. The predicted molar refractivity (Wildman–Crippen MR) is 104 cm³/mol. The highest BCUT2D eigenvalue weighted by Crippen LogP contribution is 2.35. The van der Waals surface area contributed by atoms with E-state index in [2.05, 4.69) is 0 Å². The molecule has 4 rings (SSSR count). The molecule has 0 N–H and O–H groups in total. The topological polar surface area (TPSA) is 47.8 Å². The molecule has 5 heteroatoms. The number of ether oxygens (including phenoxy) is 1. The Bertz CT molecular complexity index is 1180. The average molecular weight is 373 g/mol. The number of carbonyl (C=O) groups excluding carboxylic acids is 2. The van der Waals surface area contributed by atoms with E-state index in [-0.39, 0.29) is 11.5 Å². The van der Waals surface area contributed by atoms with Crippen LogP contribution in [0.15, 0.2) is 79.0 Å². The summed E-state index contributed by atoms with van der Waals surface area (Å²) >= 11 is 0. The highest BCUT2D eigenvalue weighted by Gasteiger charge is 2.29. The molecule has 0 amide bonds. The minimum Gasteiger partial charge on any atom is -0.464 e. The zero-order valence-corrected chi connectivity index (χ0v) is 15.1. The van der Waals surface area contributed by atoms with Crippen molar-refractivity contribution in [3.63, 3.8) is 0 Å². The number of halogens is 1. The molecule has 0 radical (unpaired) electrons. The van der Waals surface area contributed by atoms with Gasteiger partial charge in [-0.25, -0.2) is 9.18 Å². The predicted octanol–water partition coefficient (Wildman–Crippen LogP) is 4.76. The van der Waals surface area contributed by atoms with E-state index < -0.39 is 11.8 Å². The molecule has 0 saturated carbocycles. The van der Waals surface area contributed by atoms with Crippen LogP contribution in [0.2, 0.25) is 0 Å². The Morgan fingerprint density at radius 3 is 2.25 bits per heavy atom. The van der Waals surface area contributed by atoms with Crippen LogP contribution in [-0.4, -0.2) is 23.3 Å². The minimum atomic E-state index is -0.576. The largest absolute Gasteiger partial charge is 0.464 e. The number of methoxy groups -OCH3 is 1. The van der Waals surface area contributed by atoms with E-state index in [4.69, 9.17) is 4.74 Å². The van der Waals surface area contributed by atoms with Crippen molar-refractivity contribution < 1.29 is 18.7 Å². The summed E-state index contributed by atoms with van der Waals surface area (Å²) in [5.41, 5.74) is 2.66. The van der Waals surface area contributed by atoms with Gasteiger partial charge in [0.25, 0.3) is 0 Å². The Morgan fingerprint density at radius 1 is 0.893 bits per heavy atom. The fourth-order valence-corrected chi connectivity index (χ4v) is 3.37. The van der Waals surface area contributed by atoms with Crippen molar-refractivity contribution in [1.82, 2.24) is 4.40 Å². The van der Waals surface area contributed by atoms with E-state index in [0.29, 0.717) is 27.8 Å². The van der Waals surface area contributed by atoms with Crippen molar-refractivity contribution in [1.29, 1.82) is 0 Å². The van der Waals surface area contributed by atoms with Gasteiger partial charge >= 0.3 is 5.97 Å². The third-order valence-corrected chi connectivity index (χ3v) is 4.62. The van der Waals surface area contributed by atoms with Gasteiger partial charge in [-0.3, -0.25) is 4.79 Å². The van der Waals surface area contributed by atoms with Crippen LogP contribution in [0, 0.1) is 5.82 Å². The number of aromatic nitrogens is 1. The van der Waals surface area contributed by atoms with E-state index in [1.807, 2.05) is 6.07 Å². The molecule has 0 atom stereocenters. The molecule has 0 spiro atoms. The first-order valence-corrected chi connectivity index (χ1v) is 8.69. The molecule has 0 fully saturated rings. The summed E-state index contributed by atoms with van der Waals surface area (Å²) in [6.07, 6.45) is 1.70. The lowest BCUT2D eigenvalue weighted by molar-refractivity contribution is 0.0594. The Morgan fingerprint density at radius 2 is 1.57 bits per heavy atom. The van der Waals surface area contributed by atoms with Crippen molar-refractivity contribution in [3.8, 4) is 11.1 Å². The normalized spacial score (nSPS) is 10.8. The molecule has 2 heterocycles. The number of benzene rings is 2. The smallest absolute Gasteiger partial charge is 0.355 e. The third kappa shape index (κ3) is 2.87. The molecular weight excluding hydrogens is 357 g/mol. The fourth-order valence-electron chi connectivity index (χ4n) is 3.37. The number of carbonyl (C=O) groups is 2. The lowest BCUT2D eigenvalue weighted by Crippen LogP contribution is -2.07. The van der Waals surface area contributed by atoms with Gasteiger partial charge in [-0.15, -0.1) is 0 Å². The van der Waals surface area contributed by atoms with Crippen molar-refractivity contribution in [2.75, 3.05) is 7.11 Å². The fraction of sp³-hybridized carbons (Fsp3) is 0.0435. The minimum absolute atomic E-state index is 0.223. The molecule has 0 bridgehead atoms. The van der Waals surface area contributed by atoms with Crippen molar-refractivity contribution in [3.05, 3.63) is 102 Å². The molecule has 0 aliphatic rings. The van der Waals surface area contributed by atoms with E-state index in [0.717, 1.165) is 0 Å². The SMILES string of the molecule is COC(=O)c1c(-c2ccc(F)cc2)c(C(=O)c2ccccc2)c2ccccn12. The van der Waals surface area contributed by atoms with Gasteiger partial charge in [-0.1, -0.05) is 48.5 Å². The molecular formula is C23H16FNO3. The van der Waals surface area contributed by atoms with Crippen LogP contribution in [0.1, 0.15) is 26.4 Å². The van der Waals surface area contributed by atoms with Crippen LogP contribution in [0.5, 0.6) is 0 Å². The first kappa shape index (κ1) is 17.7. The van der Waals surface area contributed by atoms with Gasteiger partial charge in [-0.05, 0) is 29.8 Å². The van der Waals surface area contributed by atoms with Gasteiger partial charge in [0.2, 0.25) is 0 Å². The summed E-state index contributed by atoms with van der Waals surface area (Å²) in [6.45, 7) is 0. The Kier molecular flexibility index (Phi) is 4.49. The molecule has 138 valence electrons. The first-order chi connectivity index (χ1) is 13.6. The monoisotopic (exact) mass is 373 g/mol. The second-order valence-electron chi connectivity index (χ2n) is 6.25. The summed E-state index contributed by atoms with van der Waals surface area (Å²) in [5.74, 6) is -1.20. The molecule has 4 aromatic rings. The zero-order valence-electron chi connectivity index (χ0n) is 15.1. The summed E-state index contributed by atoms with van der Waals surface area (Å²) < 4.78 is 20.1. The van der Waals surface area contributed by atoms with E-state index >= 15 is 0 Å². The van der Waals surface area contributed by atoms with Gasteiger partial charge in [0.1, 0.15) is 11.5 Å². The van der Waals surface area contributed by atoms with Crippen molar-refractivity contribution >= 4 is 17.3 Å². The first-order valence-electron chi connectivity index (χ1n) is 8.69. The number of hydrogen-bond acceptors (Lipinski definition) is 3. The van der Waals surface area contributed by atoms with E-state index in [1.165, 1.54) is 19.2 Å². The number of esters is 1. The van der Waals surface area contributed by atoms with Crippen LogP contribution < -0.4 is 0 Å². The van der Waals surface area contributed by atoms with Crippen LogP contribution in [-0.2, 0) is 4.74 Å². The van der Waals surface area contributed by atoms with Gasteiger partial charge in [-0.2, -0.15) is 0 Å². The number of ketones is 1. The molecule has 0 aliphatic carbocycles. The highest BCUT2D eigenvalue weighted by molar-refractivity contribution is 6.20. The molecule has 0 unspecified atom stereocenters. The quantitative estimate of drug-likeness (QED) is 0.383. The Balaban J connectivity index is 2.10. The zero-order chi connectivity index (χ0) is 19.7. The molecule has 2 aromatic carbocycles. The maximum atomic E-state index is 13.5. The van der Waals surface area contributed by atoms with Gasteiger partial charge in [0.05, 0.1) is 18.2 Å². The summed E-state index contributed by atoms with van der Waals surface area (Å²) in [7, 11) is 1.29. The Labute approximate surface area is 160 Å². The summed E-state index contributed by atoms with van der Waals surface area (Å²) in [4.78, 5) is 26.0. The standard InChI is InChI=1S/C23H16FNO3/c1-28-23(27)21-19(15-10-12-17(24)13-11-15)20(18-9-5-6-14-25(18)21)22(26)16-7-3-2-4-8-16/h2-14H,1H3. The van der Waals surface area contributed by atoms with Gasteiger partial charge in [0.15, 0.2) is 5.78 Å². The lowest BCUT2D eigenvalue weighted by atomic mass is 9.94. The van der Waals surface area contributed by atoms with E-state index in [1.54, 1.807) is 65.2 Å². The molecule has 0 aliphatic heterocycles. The lowest BCUT2D eigenvalue weighted by Gasteiger charge is -2.07. The second kappa shape index (κ2) is 7.12. The maximum Gasteiger partial charge on any atom is 0.355 e. The highest BCUT2D eigenvalue weighted by atomic mass is 19.1. The van der Waals surface area contributed by atoms with Gasteiger partial charge < -0.3 is 9.14 Å². The van der Waals surface area contributed by atoms with Crippen molar-refractivity contribution in [2.45, 2.75) is 0 Å². The van der Waals surface area contributed by atoms with Gasteiger partial charge in [0, 0.05) is 17.3 Å². The number of hydrogen-bond donors (Lipinski definition) is 0. The average Bonchev–Trinajstić information content (AvgIpc) is 3.09. The van der Waals surface area contributed by atoms with Crippen LogP contribution in [0.4, 0.5) is 4.39 Å². The Hall–Kier alpha value is -3.73. The van der Waals surface area contributed by atoms with Crippen molar-refractivity contribution in [2.24, 2.45) is 0 Å². The van der Waals surface area contributed by atoms with E-state index in [9.17, 15) is 14.0 Å². The number of pyridine rings is 1. The molecule has 0 saturated heterocycles. The third-order valence-electron chi connectivity index (χ3n) is 4.62.